The van der Waals surface area contributed by atoms with Crippen LogP contribution in [-0.2, 0) is 6.18 Å². The van der Waals surface area contributed by atoms with Crippen molar-refractivity contribution in [3.05, 3.63) is 23.3 Å². The summed E-state index contributed by atoms with van der Waals surface area (Å²) in [5.41, 5.74) is -0.553. The van der Waals surface area contributed by atoms with Crippen molar-refractivity contribution < 1.29 is 13.2 Å². The minimum Gasteiger partial charge on any atom is -0.344 e. The Labute approximate surface area is 73.6 Å². The van der Waals surface area contributed by atoms with Crippen molar-refractivity contribution in [2.24, 2.45) is 0 Å². The first-order chi connectivity index (χ1) is 5.39. The SMILES string of the molecule is Cc1cc(C(F)(F)F)nc(C)n1.N. The molecule has 0 aliphatic carbocycles. The Bertz CT molecular complexity index is 275. The van der Waals surface area contributed by atoms with Gasteiger partial charge in [0.25, 0.3) is 0 Å². The zero-order valence-corrected chi connectivity index (χ0v) is 7.31. The summed E-state index contributed by atoms with van der Waals surface area (Å²) in [5, 5.41) is 0. The molecule has 3 N–H and O–H groups in total. The Kier molecular flexibility index (Phi) is 3.36. The van der Waals surface area contributed by atoms with Gasteiger partial charge in [-0.05, 0) is 19.9 Å². The normalized spacial score (nSPS) is 10.8. The van der Waals surface area contributed by atoms with E-state index in [1.807, 2.05) is 0 Å². The molecule has 1 aromatic heterocycles. The molecule has 3 nitrogen and oxygen atoms in total. The second-order valence-corrected chi connectivity index (χ2v) is 2.44. The van der Waals surface area contributed by atoms with Gasteiger partial charge in [-0.2, -0.15) is 13.2 Å². The summed E-state index contributed by atoms with van der Waals surface area (Å²) < 4.78 is 36.2. The lowest BCUT2D eigenvalue weighted by molar-refractivity contribution is -0.141. The van der Waals surface area contributed by atoms with Crippen LogP contribution in [0.25, 0.3) is 0 Å². The average Bonchev–Trinajstić information content (AvgIpc) is 1.82. The van der Waals surface area contributed by atoms with Crippen LogP contribution in [0.3, 0.4) is 0 Å². The Balaban J connectivity index is 0.00000144. The van der Waals surface area contributed by atoms with Crippen LogP contribution in [0.15, 0.2) is 6.07 Å². The molecule has 1 aromatic rings. The number of alkyl halides is 3. The van der Waals surface area contributed by atoms with E-state index in [2.05, 4.69) is 9.97 Å². The molecule has 13 heavy (non-hydrogen) atoms. The number of hydrogen-bond acceptors (Lipinski definition) is 3. The van der Waals surface area contributed by atoms with Gasteiger partial charge in [0.05, 0.1) is 0 Å². The van der Waals surface area contributed by atoms with Crippen molar-refractivity contribution in [3.63, 3.8) is 0 Å². The predicted molar refractivity (Wildman–Crippen MR) is 41.5 cm³/mol. The van der Waals surface area contributed by atoms with Crippen LogP contribution >= 0.6 is 0 Å². The van der Waals surface area contributed by atoms with Gasteiger partial charge >= 0.3 is 6.18 Å². The van der Waals surface area contributed by atoms with Crippen molar-refractivity contribution in [1.29, 1.82) is 0 Å². The molecule has 74 valence electrons. The fourth-order valence-corrected chi connectivity index (χ4v) is 0.862. The standard InChI is InChI=1S/C7H7F3N2.H3N/c1-4-3-6(7(8,9)10)12-5(2)11-4;/h3H,1-2H3;1H3. The van der Waals surface area contributed by atoms with Crippen LogP contribution in [0.2, 0.25) is 0 Å². The summed E-state index contributed by atoms with van der Waals surface area (Å²) in [4.78, 5) is 7.01. The van der Waals surface area contributed by atoms with Gasteiger partial charge in [0.1, 0.15) is 11.5 Å². The van der Waals surface area contributed by atoms with E-state index in [0.29, 0.717) is 5.69 Å². The van der Waals surface area contributed by atoms with E-state index in [1.54, 1.807) is 0 Å². The number of aryl methyl sites for hydroxylation is 2. The molecular weight excluding hydrogens is 183 g/mol. The fourth-order valence-electron chi connectivity index (χ4n) is 0.862. The second-order valence-electron chi connectivity index (χ2n) is 2.44. The van der Waals surface area contributed by atoms with Crippen LogP contribution in [-0.4, -0.2) is 9.97 Å². The maximum atomic E-state index is 12.1. The summed E-state index contributed by atoms with van der Waals surface area (Å²) in [5.74, 6) is 0.141. The molecule has 0 spiro atoms. The minimum absolute atomic E-state index is 0. The molecule has 1 rings (SSSR count). The van der Waals surface area contributed by atoms with Gasteiger partial charge in [0.15, 0.2) is 0 Å². The third-order valence-electron chi connectivity index (χ3n) is 1.26. The maximum Gasteiger partial charge on any atom is 0.433 e. The number of hydrogen-bond donors (Lipinski definition) is 1. The molecule has 0 aliphatic heterocycles. The highest BCUT2D eigenvalue weighted by atomic mass is 19.4. The number of halogens is 3. The molecule has 0 fully saturated rings. The Morgan fingerprint density at radius 3 is 2.08 bits per heavy atom. The maximum absolute atomic E-state index is 12.1. The molecule has 6 heteroatoms. The molecule has 0 aliphatic rings. The van der Waals surface area contributed by atoms with E-state index in [9.17, 15) is 13.2 Å². The van der Waals surface area contributed by atoms with Crippen molar-refractivity contribution in [3.8, 4) is 0 Å². The largest absolute Gasteiger partial charge is 0.433 e. The van der Waals surface area contributed by atoms with Gasteiger partial charge in [-0.1, -0.05) is 0 Å². The molecule has 0 saturated carbocycles. The van der Waals surface area contributed by atoms with Crippen molar-refractivity contribution >= 4 is 0 Å². The monoisotopic (exact) mass is 193 g/mol. The zero-order chi connectivity index (χ0) is 9.35. The second kappa shape index (κ2) is 3.69. The van der Waals surface area contributed by atoms with Crippen LogP contribution in [0.5, 0.6) is 0 Å². The molecule has 0 aromatic carbocycles. The molecule has 0 unspecified atom stereocenters. The van der Waals surface area contributed by atoms with Crippen molar-refractivity contribution in [1.82, 2.24) is 16.1 Å². The predicted octanol–water partition coefficient (Wildman–Crippen LogP) is 2.27. The molecule has 0 amide bonds. The van der Waals surface area contributed by atoms with Crippen molar-refractivity contribution in [2.45, 2.75) is 20.0 Å². The van der Waals surface area contributed by atoms with E-state index in [1.165, 1.54) is 13.8 Å². The van der Waals surface area contributed by atoms with Crippen molar-refractivity contribution in [2.75, 3.05) is 0 Å². The highest BCUT2D eigenvalue weighted by Gasteiger charge is 2.32. The average molecular weight is 193 g/mol. The molecule has 0 radical (unpaired) electrons. The lowest BCUT2D eigenvalue weighted by Gasteiger charge is -2.06. The van der Waals surface area contributed by atoms with Crippen LogP contribution in [0.1, 0.15) is 17.2 Å². The van der Waals surface area contributed by atoms with E-state index < -0.39 is 11.9 Å². The van der Waals surface area contributed by atoms with E-state index >= 15 is 0 Å². The summed E-state index contributed by atoms with van der Waals surface area (Å²) in [6.45, 7) is 2.94. The van der Waals surface area contributed by atoms with Gasteiger partial charge in [0.2, 0.25) is 0 Å². The lowest BCUT2D eigenvalue weighted by Crippen LogP contribution is -2.10. The number of aromatic nitrogens is 2. The third-order valence-corrected chi connectivity index (χ3v) is 1.26. The van der Waals surface area contributed by atoms with Gasteiger partial charge in [-0.15, -0.1) is 0 Å². The fraction of sp³-hybridized carbons (Fsp3) is 0.429. The summed E-state index contributed by atoms with van der Waals surface area (Å²) >= 11 is 0. The first-order valence-electron chi connectivity index (χ1n) is 3.29. The first-order valence-corrected chi connectivity index (χ1v) is 3.29. The summed E-state index contributed by atoms with van der Waals surface area (Å²) in [6, 6.07) is 0.924. The van der Waals surface area contributed by atoms with Crippen LogP contribution < -0.4 is 6.15 Å². The zero-order valence-electron chi connectivity index (χ0n) is 7.31. The molecule has 1 heterocycles. The topological polar surface area (TPSA) is 60.8 Å². The van der Waals surface area contributed by atoms with Gasteiger partial charge in [-0.25, -0.2) is 9.97 Å². The van der Waals surface area contributed by atoms with E-state index in [-0.39, 0.29) is 12.0 Å². The highest BCUT2D eigenvalue weighted by molar-refractivity contribution is 5.12. The minimum atomic E-state index is -4.38. The number of nitrogens with zero attached hydrogens (tertiary/aromatic N) is 2. The molecular formula is C7H10F3N3. The smallest absolute Gasteiger partial charge is 0.344 e. The Morgan fingerprint density at radius 1 is 1.15 bits per heavy atom. The molecule has 0 atom stereocenters. The Morgan fingerprint density at radius 2 is 1.69 bits per heavy atom. The van der Waals surface area contributed by atoms with Crippen LogP contribution in [0.4, 0.5) is 13.2 Å². The quantitative estimate of drug-likeness (QED) is 0.687. The Hall–Kier alpha value is -1.17. The lowest BCUT2D eigenvalue weighted by atomic mass is 10.3. The molecule has 0 bridgehead atoms. The first kappa shape index (κ1) is 11.8. The molecule has 0 saturated heterocycles. The van der Waals surface area contributed by atoms with Crippen LogP contribution in [0, 0.1) is 13.8 Å². The van der Waals surface area contributed by atoms with Gasteiger partial charge in [-0.3, -0.25) is 0 Å². The summed E-state index contributed by atoms with van der Waals surface area (Å²) in [7, 11) is 0. The summed E-state index contributed by atoms with van der Waals surface area (Å²) in [6.07, 6.45) is -4.38. The van der Waals surface area contributed by atoms with Gasteiger partial charge < -0.3 is 6.15 Å². The number of rotatable bonds is 0. The third kappa shape index (κ3) is 2.98. The van der Waals surface area contributed by atoms with E-state index in [0.717, 1.165) is 6.07 Å². The van der Waals surface area contributed by atoms with Gasteiger partial charge in [0, 0.05) is 5.69 Å². The van der Waals surface area contributed by atoms with E-state index in [4.69, 9.17) is 0 Å². The highest BCUT2D eigenvalue weighted by Crippen LogP contribution is 2.27.